The Morgan fingerprint density at radius 2 is 2.00 bits per heavy atom. The van der Waals surface area contributed by atoms with E-state index in [1.165, 1.54) is 0 Å². The molecular weight excluding hydrogens is 152 g/mol. The summed E-state index contributed by atoms with van der Waals surface area (Å²) in [6, 6.07) is 0. The van der Waals surface area contributed by atoms with Crippen LogP contribution in [-0.4, -0.2) is 31.6 Å². The molecule has 4 heteroatoms. The molecule has 0 aliphatic heterocycles. The van der Waals surface area contributed by atoms with E-state index < -0.39 is 9.84 Å². The Bertz CT molecular complexity index is 191. The number of hydrogen-bond donors (Lipinski definition) is 1. The van der Waals surface area contributed by atoms with Crippen LogP contribution >= 0.6 is 0 Å². The highest BCUT2D eigenvalue weighted by molar-refractivity contribution is 7.91. The van der Waals surface area contributed by atoms with Gasteiger partial charge in [0.25, 0.3) is 0 Å². The molecule has 1 N–H and O–H groups in total. The van der Waals surface area contributed by atoms with Crippen LogP contribution in [0.3, 0.4) is 0 Å². The molecule has 0 radical (unpaired) electrons. The molecule has 3 nitrogen and oxygen atoms in total. The van der Waals surface area contributed by atoms with E-state index in [0.29, 0.717) is 5.92 Å². The van der Waals surface area contributed by atoms with Gasteiger partial charge in [-0.2, -0.15) is 0 Å². The van der Waals surface area contributed by atoms with Gasteiger partial charge in [-0.3, -0.25) is 0 Å². The van der Waals surface area contributed by atoms with Crippen molar-refractivity contribution in [1.29, 1.82) is 0 Å². The van der Waals surface area contributed by atoms with Crippen LogP contribution in [0.4, 0.5) is 0 Å². The van der Waals surface area contributed by atoms with Crippen LogP contribution in [0.25, 0.3) is 0 Å². The number of aliphatic hydroxyl groups excluding tert-OH is 1. The quantitative estimate of drug-likeness (QED) is 0.626. The molecule has 0 heterocycles. The van der Waals surface area contributed by atoms with Gasteiger partial charge < -0.3 is 5.11 Å². The summed E-state index contributed by atoms with van der Waals surface area (Å²) in [6.07, 6.45) is 2.09. The molecule has 0 saturated heterocycles. The Labute approximate surface area is 61.0 Å². The molecule has 1 saturated carbocycles. The second kappa shape index (κ2) is 2.88. The molecule has 0 spiro atoms. The van der Waals surface area contributed by atoms with Gasteiger partial charge in [0.15, 0.2) is 9.84 Å². The Kier molecular flexibility index (Phi) is 2.31. The van der Waals surface area contributed by atoms with E-state index in [-0.39, 0.29) is 18.1 Å². The zero-order valence-corrected chi connectivity index (χ0v) is 6.60. The number of aliphatic hydroxyl groups is 1. The molecule has 0 aromatic heterocycles. The SMILES string of the molecule is O=S(=O)(CCO)CC1CC1. The number of sulfone groups is 1. The molecular formula is C6H12O3S. The van der Waals surface area contributed by atoms with Gasteiger partial charge >= 0.3 is 0 Å². The highest BCUT2D eigenvalue weighted by Gasteiger charge is 2.27. The van der Waals surface area contributed by atoms with Gasteiger partial charge in [-0.15, -0.1) is 0 Å². The van der Waals surface area contributed by atoms with Crippen LogP contribution in [0.1, 0.15) is 12.8 Å². The lowest BCUT2D eigenvalue weighted by atomic mass is 10.5. The first-order chi connectivity index (χ1) is 4.64. The minimum Gasteiger partial charge on any atom is -0.395 e. The van der Waals surface area contributed by atoms with E-state index in [0.717, 1.165) is 12.8 Å². The van der Waals surface area contributed by atoms with Crippen LogP contribution in [0.2, 0.25) is 0 Å². The number of hydrogen-bond acceptors (Lipinski definition) is 3. The molecule has 0 unspecified atom stereocenters. The monoisotopic (exact) mass is 164 g/mol. The van der Waals surface area contributed by atoms with Gasteiger partial charge in [0.1, 0.15) is 0 Å². The first kappa shape index (κ1) is 8.01. The van der Waals surface area contributed by atoms with Gasteiger partial charge in [0, 0.05) is 0 Å². The molecule has 0 amide bonds. The molecule has 1 rings (SSSR count). The standard InChI is InChI=1S/C6H12O3S/c7-3-4-10(8,9)5-6-1-2-6/h6-7H,1-5H2. The van der Waals surface area contributed by atoms with E-state index in [4.69, 9.17) is 5.11 Å². The maximum atomic E-state index is 10.9. The van der Waals surface area contributed by atoms with Crippen molar-refractivity contribution < 1.29 is 13.5 Å². The number of rotatable bonds is 4. The van der Waals surface area contributed by atoms with Crippen molar-refractivity contribution in [2.75, 3.05) is 18.1 Å². The largest absolute Gasteiger partial charge is 0.395 e. The Morgan fingerprint density at radius 3 is 2.40 bits per heavy atom. The third kappa shape index (κ3) is 2.66. The van der Waals surface area contributed by atoms with E-state index >= 15 is 0 Å². The fourth-order valence-electron chi connectivity index (χ4n) is 0.866. The summed E-state index contributed by atoms with van der Waals surface area (Å²) < 4.78 is 21.8. The lowest BCUT2D eigenvalue weighted by Crippen LogP contribution is -2.14. The second-order valence-electron chi connectivity index (χ2n) is 2.78. The summed E-state index contributed by atoms with van der Waals surface area (Å²) >= 11 is 0. The zero-order valence-electron chi connectivity index (χ0n) is 5.78. The van der Waals surface area contributed by atoms with E-state index in [2.05, 4.69) is 0 Å². The summed E-state index contributed by atoms with van der Waals surface area (Å²) in [7, 11) is -2.92. The highest BCUT2D eigenvalue weighted by Crippen LogP contribution is 2.30. The van der Waals surface area contributed by atoms with Crippen molar-refractivity contribution in [2.24, 2.45) is 5.92 Å². The predicted molar refractivity (Wildman–Crippen MR) is 38.5 cm³/mol. The maximum absolute atomic E-state index is 10.9. The Hall–Kier alpha value is -0.0900. The van der Waals surface area contributed by atoms with Crippen molar-refractivity contribution in [2.45, 2.75) is 12.8 Å². The van der Waals surface area contributed by atoms with Crippen LogP contribution in [0.15, 0.2) is 0 Å². The van der Waals surface area contributed by atoms with E-state index in [9.17, 15) is 8.42 Å². The highest BCUT2D eigenvalue weighted by atomic mass is 32.2. The van der Waals surface area contributed by atoms with Crippen LogP contribution in [0.5, 0.6) is 0 Å². The topological polar surface area (TPSA) is 54.4 Å². The molecule has 0 aromatic rings. The van der Waals surface area contributed by atoms with E-state index in [1.807, 2.05) is 0 Å². The summed E-state index contributed by atoms with van der Waals surface area (Å²) in [5.41, 5.74) is 0. The molecule has 60 valence electrons. The molecule has 0 atom stereocenters. The van der Waals surface area contributed by atoms with Crippen LogP contribution in [0, 0.1) is 5.92 Å². The van der Waals surface area contributed by atoms with Crippen molar-refractivity contribution in [3.05, 3.63) is 0 Å². The van der Waals surface area contributed by atoms with Gasteiger partial charge in [-0.1, -0.05) is 0 Å². The third-order valence-electron chi connectivity index (χ3n) is 1.59. The lowest BCUT2D eigenvalue weighted by molar-refractivity contribution is 0.319. The van der Waals surface area contributed by atoms with Gasteiger partial charge in [0.05, 0.1) is 18.1 Å². The summed E-state index contributed by atoms with van der Waals surface area (Å²) in [6.45, 7) is -0.241. The summed E-state index contributed by atoms with van der Waals surface area (Å²) in [4.78, 5) is 0. The van der Waals surface area contributed by atoms with Crippen molar-refractivity contribution in [1.82, 2.24) is 0 Å². The Morgan fingerprint density at radius 1 is 1.40 bits per heavy atom. The van der Waals surface area contributed by atoms with Crippen LogP contribution in [-0.2, 0) is 9.84 Å². The summed E-state index contributed by atoms with van der Waals surface area (Å²) in [5, 5.41) is 8.36. The normalized spacial score (nSPS) is 19.3. The van der Waals surface area contributed by atoms with Crippen molar-refractivity contribution in [3.63, 3.8) is 0 Å². The fraction of sp³-hybridized carbons (Fsp3) is 1.00. The minimum absolute atomic E-state index is 0.0660. The van der Waals surface area contributed by atoms with Gasteiger partial charge in [-0.25, -0.2) is 8.42 Å². The average molecular weight is 164 g/mol. The van der Waals surface area contributed by atoms with E-state index in [1.54, 1.807) is 0 Å². The zero-order chi connectivity index (χ0) is 7.61. The van der Waals surface area contributed by atoms with Gasteiger partial charge in [-0.05, 0) is 18.8 Å². The Balaban J connectivity index is 2.34. The molecule has 1 aliphatic carbocycles. The molecule has 1 fully saturated rings. The average Bonchev–Trinajstić information content (AvgIpc) is 2.48. The van der Waals surface area contributed by atoms with Crippen LogP contribution < -0.4 is 0 Å². The first-order valence-corrected chi connectivity index (χ1v) is 5.27. The molecule has 1 aliphatic rings. The predicted octanol–water partition coefficient (Wildman–Crippen LogP) is -0.197. The second-order valence-corrected chi connectivity index (χ2v) is 5.01. The molecule has 0 bridgehead atoms. The summed E-state index contributed by atoms with van der Waals surface area (Å²) in [5.74, 6) is 0.619. The van der Waals surface area contributed by atoms with Crippen molar-refractivity contribution in [3.8, 4) is 0 Å². The smallest absolute Gasteiger partial charge is 0.152 e. The first-order valence-electron chi connectivity index (χ1n) is 3.45. The molecule has 10 heavy (non-hydrogen) atoms. The fourth-order valence-corrected chi connectivity index (χ4v) is 2.36. The maximum Gasteiger partial charge on any atom is 0.152 e. The van der Waals surface area contributed by atoms with Crippen molar-refractivity contribution >= 4 is 9.84 Å². The van der Waals surface area contributed by atoms with Gasteiger partial charge in [0.2, 0.25) is 0 Å². The minimum atomic E-state index is -2.92. The molecule has 0 aromatic carbocycles. The third-order valence-corrected chi connectivity index (χ3v) is 3.37. The lowest BCUT2D eigenvalue weighted by Gasteiger charge is -1.97.